The molecule has 1 N–H and O–H groups in total. The van der Waals surface area contributed by atoms with Gasteiger partial charge >= 0.3 is 5.97 Å². The van der Waals surface area contributed by atoms with Crippen molar-refractivity contribution in [2.75, 3.05) is 7.11 Å². The molecule has 0 saturated heterocycles. The van der Waals surface area contributed by atoms with Gasteiger partial charge in [-0.15, -0.1) is 0 Å². The van der Waals surface area contributed by atoms with Gasteiger partial charge < -0.3 is 9.30 Å². The number of halogens is 1. The fourth-order valence-electron chi connectivity index (χ4n) is 4.21. The van der Waals surface area contributed by atoms with E-state index in [1.807, 2.05) is 41.8 Å². The molecule has 3 aromatic rings. The van der Waals surface area contributed by atoms with Gasteiger partial charge in [-0.25, -0.2) is 9.82 Å². The summed E-state index contributed by atoms with van der Waals surface area (Å²) in [7, 11) is 1.34. The van der Waals surface area contributed by atoms with Gasteiger partial charge in [-0.05, 0) is 42.7 Å². The van der Waals surface area contributed by atoms with Crippen molar-refractivity contribution in [3.05, 3.63) is 71.2 Å². The summed E-state index contributed by atoms with van der Waals surface area (Å²) in [4.78, 5) is 24.0. The molecule has 0 spiro atoms. The first-order valence-electron chi connectivity index (χ1n) is 10.2. The molecular weight excluding hydrogens is 397 g/mol. The van der Waals surface area contributed by atoms with Gasteiger partial charge in [0.15, 0.2) is 0 Å². The lowest BCUT2D eigenvalue weighted by atomic mass is 9.87. The molecule has 31 heavy (non-hydrogen) atoms. The molecule has 1 atom stereocenters. The average Bonchev–Trinajstić information content (AvgIpc) is 3.01. The van der Waals surface area contributed by atoms with Crippen LogP contribution >= 0.6 is 0 Å². The smallest absolute Gasteiger partial charge is 0.325 e. The third kappa shape index (κ3) is 4.35. The van der Waals surface area contributed by atoms with E-state index in [1.165, 1.54) is 19.2 Å². The van der Waals surface area contributed by atoms with Crippen molar-refractivity contribution in [3.63, 3.8) is 0 Å². The Morgan fingerprint density at radius 2 is 2.03 bits per heavy atom. The minimum atomic E-state index is -0.375. The Balaban J connectivity index is 1.72. The molecule has 0 saturated carbocycles. The molecule has 2 aromatic carbocycles. The Bertz CT molecular complexity index is 1170. The molecule has 0 fully saturated rings. The van der Waals surface area contributed by atoms with Gasteiger partial charge in [0, 0.05) is 41.1 Å². The predicted octanol–water partition coefficient (Wildman–Crippen LogP) is 3.54. The quantitative estimate of drug-likeness (QED) is 0.619. The summed E-state index contributed by atoms with van der Waals surface area (Å²) in [5.41, 5.74) is 7.07. The van der Waals surface area contributed by atoms with Gasteiger partial charge in [-0.1, -0.05) is 30.3 Å². The molecule has 6 nitrogen and oxygen atoms in total. The SMILES string of the molecule is COC(=O)Cn1c(C)c(CC2=NNC(=O)CC2Cc2ccccc2)c2cc(F)ccc21. The molecule has 0 bridgehead atoms. The number of carbonyl (C=O) groups excluding carboxylic acids is 2. The molecule has 0 radical (unpaired) electrons. The number of benzene rings is 2. The fraction of sp³-hybridized carbons (Fsp3) is 0.292. The normalized spacial score (nSPS) is 16.2. The third-order valence-electron chi connectivity index (χ3n) is 5.84. The number of aromatic nitrogens is 1. The summed E-state index contributed by atoms with van der Waals surface area (Å²) >= 11 is 0. The zero-order valence-corrected chi connectivity index (χ0v) is 17.5. The van der Waals surface area contributed by atoms with Crippen molar-refractivity contribution < 1.29 is 18.7 Å². The van der Waals surface area contributed by atoms with Crippen molar-refractivity contribution in [1.82, 2.24) is 9.99 Å². The summed E-state index contributed by atoms with van der Waals surface area (Å²) in [5, 5.41) is 5.10. The Kier molecular flexibility index (Phi) is 5.84. The molecule has 1 amide bonds. The van der Waals surface area contributed by atoms with Crippen LogP contribution in [0, 0.1) is 18.7 Å². The molecule has 1 aliphatic rings. The number of amides is 1. The van der Waals surface area contributed by atoms with E-state index in [2.05, 4.69) is 10.5 Å². The number of hydrogen-bond acceptors (Lipinski definition) is 4. The summed E-state index contributed by atoms with van der Waals surface area (Å²) < 4.78 is 20.8. The van der Waals surface area contributed by atoms with E-state index >= 15 is 0 Å². The second-order valence-corrected chi connectivity index (χ2v) is 7.79. The largest absolute Gasteiger partial charge is 0.468 e. The molecule has 2 heterocycles. The minimum Gasteiger partial charge on any atom is -0.468 e. The molecule has 1 unspecified atom stereocenters. The number of methoxy groups -OCH3 is 1. The second-order valence-electron chi connectivity index (χ2n) is 7.79. The highest BCUT2D eigenvalue weighted by Crippen LogP contribution is 2.30. The van der Waals surface area contributed by atoms with E-state index in [0.717, 1.165) is 33.4 Å². The maximum absolute atomic E-state index is 14.1. The van der Waals surface area contributed by atoms with Crippen LogP contribution in [-0.2, 0) is 33.7 Å². The molecule has 1 aliphatic heterocycles. The first-order chi connectivity index (χ1) is 15.0. The van der Waals surface area contributed by atoms with Crippen LogP contribution in [0.2, 0.25) is 0 Å². The Hall–Kier alpha value is -3.48. The Morgan fingerprint density at radius 1 is 1.26 bits per heavy atom. The highest BCUT2D eigenvalue weighted by molar-refractivity contribution is 5.99. The Morgan fingerprint density at radius 3 is 2.77 bits per heavy atom. The zero-order valence-electron chi connectivity index (χ0n) is 17.5. The summed E-state index contributed by atoms with van der Waals surface area (Å²) in [6, 6.07) is 14.5. The number of hydrogen-bond donors (Lipinski definition) is 1. The van der Waals surface area contributed by atoms with Crippen molar-refractivity contribution in [2.24, 2.45) is 11.0 Å². The zero-order chi connectivity index (χ0) is 22.0. The van der Waals surface area contributed by atoms with Crippen LogP contribution in [0.5, 0.6) is 0 Å². The van der Waals surface area contributed by atoms with E-state index in [-0.39, 0.29) is 30.2 Å². The maximum Gasteiger partial charge on any atom is 0.325 e. The highest BCUT2D eigenvalue weighted by Gasteiger charge is 2.27. The number of nitrogens with one attached hydrogen (secondary N) is 1. The number of esters is 1. The lowest BCUT2D eigenvalue weighted by Crippen LogP contribution is -2.35. The first-order valence-corrected chi connectivity index (χ1v) is 10.2. The van der Waals surface area contributed by atoms with Gasteiger partial charge in [0.05, 0.1) is 7.11 Å². The van der Waals surface area contributed by atoms with Gasteiger partial charge in [-0.3, -0.25) is 9.59 Å². The van der Waals surface area contributed by atoms with Gasteiger partial charge in [0.2, 0.25) is 5.91 Å². The number of nitrogens with zero attached hydrogens (tertiary/aromatic N) is 2. The van der Waals surface area contributed by atoms with Crippen molar-refractivity contribution in [3.8, 4) is 0 Å². The summed E-state index contributed by atoms with van der Waals surface area (Å²) in [6.07, 6.45) is 1.50. The van der Waals surface area contributed by atoms with Crippen LogP contribution in [0.3, 0.4) is 0 Å². The highest BCUT2D eigenvalue weighted by atomic mass is 19.1. The first kappa shape index (κ1) is 20.8. The Labute approximate surface area is 179 Å². The van der Waals surface area contributed by atoms with E-state index in [4.69, 9.17) is 4.74 Å². The van der Waals surface area contributed by atoms with E-state index < -0.39 is 0 Å². The van der Waals surface area contributed by atoms with Crippen LogP contribution < -0.4 is 5.43 Å². The lowest BCUT2D eigenvalue weighted by molar-refractivity contribution is -0.141. The standard InChI is InChI=1S/C24H24FN3O3/c1-15-19(20-12-18(25)8-9-22(20)28(15)14-24(30)31-2)13-21-17(11-23(29)27-26-21)10-16-6-4-3-5-7-16/h3-9,12,17H,10-11,13-14H2,1-2H3,(H,27,29). The molecule has 4 rings (SSSR count). The van der Waals surface area contributed by atoms with Crippen molar-refractivity contribution in [2.45, 2.75) is 32.7 Å². The van der Waals surface area contributed by atoms with E-state index in [1.54, 1.807) is 6.07 Å². The molecule has 7 heteroatoms. The average molecular weight is 421 g/mol. The van der Waals surface area contributed by atoms with Crippen LogP contribution in [0.15, 0.2) is 53.6 Å². The molecule has 0 aliphatic carbocycles. The van der Waals surface area contributed by atoms with Crippen molar-refractivity contribution >= 4 is 28.5 Å². The summed E-state index contributed by atoms with van der Waals surface area (Å²) in [6.45, 7) is 1.95. The topological polar surface area (TPSA) is 72.7 Å². The maximum atomic E-state index is 14.1. The monoisotopic (exact) mass is 421 g/mol. The van der Waals surface area contributed by atoms with Gasteiger partial charge in [0.25, 0.3) is 0 Å². The van der Waals surface area contributed by atoms with E-state index in [9.17, 15) is 14.0 Å². The molecule has 160 valence electrons. The second kappa shape index (κ2) is 8.71. The minimum absolute atomic E-state index is 0.0428. The van der Waals surface area contributed by atoms with Crippen LogP contribution in [0.1, 0.15) is 23.2 Å². The third-order valence-corrected chi connectivity index (χ3v) is 5.84. The van der Waals surface area contributed by atoms with Crippen LogP contribution in [0.25, 0.3) is 10.9 Å². The fourth-order valence-corrected chi connectivity index (χ4v) is 4.21. The number of ether oxygens (including phenoxy) is 1. The predicted molar refractivity (Wildman–Crippen MR) is 116 cm³/mol. The molecule has 1 aromatic heterocycles. The summed E-state index contributed by atoms with van der Waals surface area (Å²) in [5.74, 6) is -0.882. The van der Waals surface area contributed by atoms with Crippen LogP contribution in [-0.4, -0.2) is 29.3 Å². The molecular formula is C24H24FN3O3. The number of hydrazone groups is 1. The number of carbonyl (C=O) groups is 2. The van der Waals surface area contributed by atoms with Crippen LogP contribution in [0.4, 0.5) is 4.39 Å². The van der Waals surface area contributed by atoms with Gasteiger partial charge in [0.1, 0.15) is 12.4 Å². The number of fused-ring (bicyclic) bond motifs is 1. The van der Waals surface area contributed by atoms with Crippen molar-refractivity contribution in [1.29, 1.82) is 0 Å². The van der Waals surface area contributed by atoms with E-state index in [0.29, 0.717) is 19.3 Å². The van der Waals surface area contributed by atoms with Gasteiger partial charge in [-0.2, -0.15) is 5.10 Å². The number of rotatable bonds is 6. The lowest BCUT2D eigenvalue weighted by Gasteiger charge is -2.23.